The second kappa shape index (κ2) is 4.01. The van der Waals surface area contributed by atoms with Crippen molar-refractivity contribution in [3.8, 4) is 0 Å². The molecule has 0 heterocycles. The zero-order valence-corrected chi connectivity index (χ0v) is 9.70. The molecule has 15 heavy (non-hydrogen) atoms. The van der Waals surface area contributed by atoms with Gasteiger partial charge in [0.2, 0.25) is 0 Å². The summed E-state index contributed by atoms with van der Waals surface area (Å²) in [5.74, 6) is 0. The molecule has 4 heteroatoms. The van der Waals surface area contributed by atoms with Crippen LogP contribution in [-0.2, 0) is 0 Å². The van der Waals surface area contributed by atoms with E-state index in [9.17, 15) is 4.79 Å². The number of hydrogen-bond donors (Lipinski definition) is 0. The van der Waals surface area contributed by atoms with Crippen molar-refractivity contribution < 1.29 is 4.79 Å². The first-order chi connectivity index (χ1) is 7.15. The number of halogens is 3. The maximum Gasteiger partial charge on any atom is 0.151 e. The molecular weight excluding hydrogens is 254 g/mol. The van der Waals surface area contributed by atoms with Crippen molar-refractivity contribution in [3.05, 3.63) is 44.9 Å². The average molecular weight is 260 g/mol. The van der Waals surface area contributed by atoms with E-state index < -0.39 is 0 Å². The Morgan fingerprint density at radius 3 is 2.47 bits per heavy atom. The molecule has 0 saturated heterocycles. The molecule has 0 fully saturated rings. The van der Waals surface area contributed by atoms with Crippen LogP contribution in [0, 0.1) is 0 Å². The number of carbonyl (C=O) groups is 1. The quantitative estimate of drug-likeness (QED) is 0.683. The van der Waals surface area contributed by atoms with Crippen molar-refractivity contribution in [2.24, 2.45) is 0 Å². The summed E-state index contributed by atoms with van der Waals surface area (Å²) in [4.78, 5) is 10.7. The van der Waals surface area contributed by atoms with Gasteiger partial charge in [0.05, 0.1) is 10.0 Å². The van der Waals surface area contributed by atoms with Crippen molar-refractivity contribution in [3.63, 3.8) is 0 Å². The van der Waals surface area contributed by atoms with Crippen molar-refractivity contribution >= 4 is 51.9 Å². The number of fused-ring (bicyclic) bond motifs is 1. The predicted molar refractivity (Wildman–Crippen MR) is 64.4 cm³/mol. The lowest BCUT2D eigenvalue weighted by Gasteiger charge is -2.06. The minimum atomic E-state index is 0.243. The summed E-state index contributed by atoms with van der Waals surface area (Å²) >= 11 is 18.0. The van der Waals surface area contributed by atoms with E-state index in [2.05, 4.69) is 0 Å². The van der Waals surface area contributed by atoms with Crippen molar-refractivity contribution in [2.45, 2.75) is 0 Å². The topological polar surface area (TPSA) is 17.1 Å². The molecule has 0 radical (unpaired) electrons. The molecule has 0 aromatic heterocycles. The van der Waals surface area contributed by atoms with Gasteiger partial charge in [0.1, 0.15) is 0 Å². The van der Waals surface area contributed by atoms with Crippen LogP contribution >= 0.6 is 34.8 Å². The minimum Gasteiger partial charge on any atom is -0.298 e. The Kier molecular flexibility index (Phi) is 2.87. The molecule has 2 rings (SSSR count). The highest BCUT2D eigenvalue weighted by Crippen LogP contribution is 2.37. The third-order valence-electron chi connectivity index (χ3n) is 2.15. The average Bonchev–Trinajstić information content (AvgIpc) is 2.23. The standard InChI is InChI=1S/C11H5Cl3O/c12-8-3-1-2-6-4-7(5-15)10(13)11(14)9(6)8/h1-5H. The molecule has 0 N–H and O–H groups in total. The highest BCUT2D eigenvalue weighted by molar-refractivity contribution is 6.49. The lowest BCUT2D eigenvalue weighted by molar-refractivity contribution is 0.112. The van der Waals surface area contributed by atoms with Gasteiger partial charge < -0.3 is 0 Å². The Balaban J connectivity index is 2.97. The summed E-state index contributed by atoms with van der Waals surface area (Å²) in [5, 5.41) is 2.57. The Morgan fingerprint density at radius 1 is 1.07 bits per heavy atom. The first-order valence-electron chi connectivity index (χ1n) is 4.16. The molecule has 0 spiro atoms. The normalized spacial score (nSPS) is 10.6. The van der Waals surface area contributed by atoms with Gasteiger partial charge in [-0.1, -0.05) is 46.9 Å². The SMILES string of the molecule is O=Cc1cc2cccc(Cl)c2c(Cl)c1Cl. The lowest BCUT2D eigenvalue weighted by Crippen LogP contribution is -1.86. The van der Waals surface area contributed by atoms with E-state index in [0.717, 1.165) is 5.39 Å². The molecule has 0 saturated carbocycles. The van der Waals surface area contributed by atoms with Crippen LogP contribution in [0.1, 0.15) is 10.4 Å². The van der Waals surface area contributed by atoms with Crippen molar-refractivity contribution in [1.29, 1.82) is 0 Å². The fourth-order valence-corrected chi connectivity index (χ4v) is 2.28. The third kappa shape index (κ3) is 1.71. The number of rotatable bonds is 1. The highest BCUT2D eigenvalue weighted by atomic mass is 35.5. The van der Waals surface area contributed by atoms with Crippen LogP contribution in [0.4, 0.5) is 0 Å². The van der Waals surface area contributed by atoms with Gasteiger partial charge in [-0.3, -0.25) is 4.79 Å². The molecule has 1 nitrogen and oxygen atoms in total. The van der Waals surface area contributed by atoms with Gasteiger partial charge >= 0.3 is 0 Å². The number of benzene rings is 2. The maximum absolute atomic E-state index is 10.7. The van der Waals surface area contributed by atoms with E-state index in [0.29, 0.717) is 27.3 Å². The Hall–Kier alpha value is -0.760. The van der Waals surface area contributed by atoms with E-state index >= 15 is 0 Å². The molecule has 0 bridgehead atoms. The van der Waals surface area contributed by atoms with Crippen LogP contribution in [0.25, 0.3) is 10.8 Å². The fraction of sp³-hybridized carbons (Fsp3) is 0. The first kappa shape index (κ1) is 10.7. The first-order valence-corrected chi connectivity index (χ1v) is 5.30. The lowest BCUT2D eigenvalue weighted by atomic mass is 10.1. The smallest absolute Gasteiger partial charge is 0.151 e. The van der Waals surface area contributed by atoms with E-state index in [4.69, 9.17) is 34.8 Å². The molecule has 0 aliphatic carbocycles. The van der Waals surface area contributed by atoms with Gasteiger partial charge in [-0.05, 0) is 17.5 Å². The summed E-state index contributed by atoms with van der Waals surface area (Å²) in [6.07, 6.45) is 0.675. The second-order valence-corrected chi connectivity index (χ2v) is 4.21. The molecule has 0 unspecified atom stereocenters. The number of aldehydes is 1. The van der Waals surface area contributed by atoms with Crippen molar-refractivity contribution in [2.75, 3.05) is 0 Å². The summed E-state index contributed by atoms with van der Waals surface area (Å²) < 4.78 is 0. The van der Waals surface area contributed by atoms with Crippen molar-refractivity contribution in [1.82, 2.24) is 0 Å². The number of hydrogen-bond acceptors (Lipinski definition) is 1. The molecular formula is C11H5Cl3O. The molecule has 76 valence electrons. The van der Waals surface area contributed by atoms with E-state index in [1.807, 2.05) is 6.07 Å². The summed E-state index contributed by atoms with van der Waals surface area (Å²) in [5.41, 5.74) is 0.372. The van der Waals surface area contributed by atoms with Crippen LogP contribution in [-0.4, -0.2) is 6.29 Å². The molecule has 0 aliphatic rings. The molecule has 0 aliphatic heterocycles. The predicted octanol–water partition coefficient (Wildman–Crippen LogP) is 4.61. The minimum absolute atomic E-state index is 0.243. The monoisotopic (exact) mass is 258 g/mol. The molecule has 0 atom stereocenters. The van der Waals surface area contributed by atoms with Gasteiger partial charge in [-0.15, -0.1) is 0 Å². The second-order valence-electron chi connectivity index (χ2n) is 3.05. The largest absolute Gasteiger partial charge is 0.298 e. The van der Waals surface area contributed by atoms with Crippen LogP contribution < -0.4 is 0 Å². The highest BCUT2D eigenvalue weighted by Gasteiger charge is 2.11. The summed E-state index contributed by atoms with van der Waals surface area (Å²) in [7, 11) is 0. The summed E-state index contributed by atoms with van der Waals surface area (Å²) in [6.45, 7) is 0. The fourth-order valence-electron chi connectivity index (χ4n) is 1.45. The van der Waals surface area contributed by atoms with Gasteiger partial charge in [0.25, 0.3) is 0 Å². The Labute approximate surface area is 102 Å². The molecule has 2 aromatic carbocycles. The van der Waals surface area contributed by atoms with Gasteiger partial charge in [0, 0.05) is 16.0 Å². The van der Waals surface area contributed by atoms with E-state index in [-0.39, 0.29) is 5.02 Å². The van der Waals surface area contributed by atoms with Crippen LogP contribution in [0.5, 0.6) is 0 Å². The van der Waals surface area contributed by atoms with Gasteiger partial charge in [-0.25, -0.2) is 0 Å². The number of carbonyl (C=O) groups excluding carboxylic acids is 1. The zero-order chi connectivity index (χ0) is 11.0. The van der Waals surface area contributed by atoms with Crippen LogP contribution in [0.2, 0.25) is 15.1 Å². The third-order valence-corrected chi connectivity index (χ3v) is 3.35. The van der Waals surface area contributed by atoms with E-state index in [1.54, 1.807) is 18.2 Å². The molecule has 2 aromatic rings. The van der Waals surface area contributed by atoms with Gasteiger partial charge in [-0.2, -0.15) is 0 Å². The summed E-state index contributed by atoms with van der Waals surface area (Å²) in [6, 6.07) is 7.02. The van der Waals surface area contributed by atoms with E-state index in [1.165, 1.54) is 0 Å². The van der Waals surface area contributed by atoms with Crippen LogP contribution in [0.3, 0.4) is 0 Å². The van der Waals surface area contributed by atoms with Crippen LogP contribution in [0.15, 0.2) is 24.3 Å². The van der Waals surface area contributed by atoms with Gasteiger partial charge in [0.15, 0.2) is 6.29 Å². The Morgan fingerprint density at radius 2 is 1.80 bits per heavy atom. The Bertz CT molecular complexity index is 549. The molecule has 0 amide bonds. The maximum atomic E-state index is 10.7. The zero-order valence-electron chi connectivity index (χ0n) is 7.43.